The quantitative estimate of drug-likeness (QED) is 0.285. The fourth-order valence-corrected chi connectivity index (χ4v) is 5.03. The number of fused-ring (bicyclic) bond motifs is 2. The van der Waals surface area contributed by atoms with E-state index in [0.717, 1.165) is 36.4 Å². The normalized spacial score (nSPS) is 11.3. The van der Waals surface area contributed by atoms with Gasteiger partial charge < -0.3 is 4.40 Å². The average molecular weight is 404 g/mol. The van der Waals surface area contributed by atoms with Crippen molar-refractivity contribution in [1.29, 1.82) is 0 Å². The molecule has 3 heterocycles. The molecule has 0 aliphatic rings. The van der Waals surface area contributed by atoms with E-state index in [0.29, 0.717) is 0 Å². The largest absolute Gasteiger partial charge is 0.305 e. The average Bonchev–Trinajstić information content (AvgIpc) is 3.31. The number of pyridine rings is 1. The van der Waals surface area contributed by atoms with Gasteiger partial charge >= 0.3 is 0 Å². The molecule has 3 aromatic heterocycles. The van der Waals surface area contributed by atoms with E-state index >= 15 is 0 Å². The summed E-state index contributed by atoms with van der Waals surface area (Å²) in [6.45, 7) is 0. The van der Waals surface area contributed by atoms with Crippen molar-refractivity contribution in [1.82, 2.24) is 14.4 Å². The first-order valence-electron chi connectivity index (χ1n) is 8.43. The second kappa shape index (κ2) is 6.74. The highest BCUT2D eigenvalue weighted by atomic mass is 32.2. The van der Waals surface area contributed by atoms with E-state index in [-0.39, 0.29) is 10.6 Å². The van der Waals surface area contributed by atoms with Crippen molar-refractivity contribution in [3.05, 3.63) is 83.2 Å². The van der Waals surface area contributed by atoms with E-state index < -0.39 is 0 Å². The lowest BCUT2D eigenvalue weighted by Gasteiger charge is -1.98. The monoisotopic (exact) mass is 404 g/mol. The van der Waals surface area contributed by atoms with Gasteiger partial charge in [-0.2, -0.15) is 0 Å². The highest BCUT2D eigenvalue weighted by Crippen LogP contribution is 2.36. The molecule has 0 aliphatic heterocycles. The summed E-state index contributed by atoms with van der Waals surface area (Å²) in [6, 6.07) is 18.8. The predicted octanol–water partition coefficient (Wildman–Crippen LogP) is 5.67. The minimum Gasteiger partial charge on any atom is -0.305 e. The van der Waals surface area contributed by atoms with Crippen LogP contribution in [0, 0.1) is 10.1 Å². The number of aromatic nitrogens is 3. The van der Waals surface area contributed by atoms with Crippen LogP contribution in [0.5, 0.6) is 0 Å². The molecular formula is C20H12N4O2S2. The van der Waals surface area contributed by atoms with Crippen molar-refractivity contribution >= 4 is 44.6 Å². The Morgan fingerprint density at radius 2 is 1.86 bits per heavy atom. The van der Waals surface area contributed by atoms with Crippen LogP contribution in [0.4, 0.5) is 5.69 Å². The van der Waals surface area contributed by atoms with E-state index in [1.165, 1.54) is 29.2 Å². The van der Waals surface area contributed by atoms with Gasteiger partial charge in [-0.3, -0.25) is 10.1 Å². The molecule has 0 aliphatic carbocycles. The molecule has 0 saturated carbocycles. The first-order valence-corrected chi connectivity index (χ1v) is 10.1. The first kappa shape index (κ1) is 16.9. The molecule has 2 aromatic carbocycles. The van der Waals surface area contributed by atoms with Gasteiger partial charge in [0.15, 0.2) is 4.34 Å². The summed E-state index contributed by atoms with van der Waals surface area (Å²) in [4.78, 5) is 20.8. The zero-order valence-corrected chi connectivity index (χ0v) is 16.0. The molecular weight excluding hydrogens is 392 g/mol. The van der Waals surface area contributed by atoms with Crippen LogP contribution < -0.4 is 0 Å². The lowest BCUT2D eigenvalue weighted by molar-refractivity contribution is -0.384. The SMILES string of the molecule is O=[N+]([O-])c1ccc2nc(Sc3ccc4nc(-c5ccccc5)cn4c3)sc2c1. The summed E-state index contributed by atoms with van der Waals surface area (Å²) in [5, 5.41) is 10.9. The van der Waals surface area contributed by atoms with Gasteiger partial charge in [-0.1, -0.05) is 42.1 Å². The Bertz CT molecular complexity index is 1330. The molecule has 6 nitrogen and oxygen atoms in total. The van der Waals surface area contributed by atoms with Gasteiger partial charge in [0.1, 0.15) is 5.65 Å². The van der Waals surface area contributed by atoms with E-state index in [9.17, 15) is 10.1 Å². The molecule has 0 radical (unpaired) electrons. The molecule has 136 valence electrons. The summed E-state index contributed by atoms with van der Waals surface area (Å²) >= 11 is 2.99. The highest BCUT2D eigenvalue weighted by molar-refractivity contribution is 8.01. The topological polar surface area (TPSA) is 73.3 Å². The van der Waals surface area contributed by atoms with E-state index in [2.05, 4.69) is 9.97 Å². The number of hydrogen-bond acceptors (Lipinski definition) is 6. The van der Waals surface area contributed by atoms with Crippen molar-refractivity contribution < 1.29 is 4.92 Å². The van der Waals surface area contributed by atoms with Crippen molar-refractivity contribution in [2.45, 2.75) is 9.24 Å². The van der Waals surface area contributed by atoms with Crippen LogP contribution in [-0.2, 0) is 0 Å². The summed E-state index contributed by atoms with van der Waals surface area (Å²) in [5.41, 5.74) is 3.74. The number of rotatable bonds is 4. The second-order valence-corrected chi connectivity index (χ2v) is 8.46. The van der Waals surface area contributed by atoms with Crippen LogP contribution >= 0.6 is 23.1 Å². The molecule has 5 aromatic rings. The number of hydrogen-bond donors (Lipinski definition) is 0. The zero-order chi connectivity index (χ0) is 19.1. The maximum absolute atomic E-state index is 10.9. The molecule has 0 bridgehead atoms. The third kappa shape index (κ3) is 3.12. The van der Waals surface area contributed by atoms with Gasteiger partial charge in [0.25, 0.3) is 5.69 Å². The lowest BCUT2D eigenvalue weighted by Crippen LogP contribution is -1.85. The standard InChI is InChI=1S/C20H12N4O2S2/c25-24(26)14-6-8-16-18(10-14)28-20(22-16)27-15-7-9-19-21-17(12-23(19)11-15)13-4-2-1-3-5-13/h1-12H. The Balaban J connectivity index is 1.46. The van der Waals surface area contributed by atoms with Crippen molar-refractivity contribution in [2.75, 3.05) is 0 Å². The Morgan fingerprint density at radius 3 is 2.68 bits per heavy atom. The Morgan fingerprint density at radius 1 is 1.00 bits per heavy atom. The molecule has 0 saturated heterocycles. The maximum atomic E-state index is 10.9. The fourth-order valence-electron chi connectivity index (χ4n) is 2.93. The molecule has 0 fully saturated rings. The Hall–Kier alpha value is -3.23. The number of nitrogens with zero attached hydrogens (tertiary/aromatic N) is 4. The molecule has 5 rings (SSSR count). The van der Waals surface area contributed by atoms with Crippen molar-refractivity contribution in [3.63, 3.8) is 0 Å². The van der Waals surface area contributed by atoms with Crippen LogP contribution in [-0.4, -0.2) is 19.3 Å². The second-order valence-electron chi connectivity index (χ2n) is 6.11. The third-order valence-corrected chi connectivity index (χ3v) is 6.32. The minimum absolute atomic E-state index is 0.0842. The summed E-state index contributed by atoms with van der Waals surface area (Å²) in [7, 11) is 0. The van der Waals surface area contributed by atoms with Gasteiger partial charge in [0.2, 0.25) is 0 Å². The van der Waals surface area contributed by atoms with Crippen LogP contribution in [0.25, 0.3) is 27.1 Å². The summed E-state index contributed by atoms with van der Waals surface area (Å²) in [5.74, 6) is 0. The zero-order valence-electron chi connectivity index (χ0n) is 14.4. The number of benzene rings is 2. The van der Waals surface area contributed by atoms with Gasteiger partial charge in [0, 0.05) is 35.0 Å². The van der Waals surface area contributed by atoms with Crippen LogP contribution in [0.1, 0.15) is 0 Å². The fraction of sp³-hybridized carbons (Fsp3) is 0. The van der Waals surface area contributed by atoms with E-state index in [4.69, 9.17) is 0 Å². The van der Waals surface area contributed by atoms with Gasteiger partial charge in [-0.25, -0.2) is 9.97 Å². The van der Waals surface area contributed by atoms with Gasteiger partial charge in [-0.05, 0) is 18.2 Å². The molecule has 0 N–H and O–H groups in total. The number of non-ortho nitro benzene ring substituents is 1. The van der Waals surface area contributed by atoms with Crippen molar-refractivity contribution in [3.8, 4) is 11.3 Å². The number of thiazole rings is 1. The third-order valence-electron chi connectivity index (χ3n) is 4.26. The van der Waals surface area contributed by atoms with E-state index in [1.807, 2.05) is 59.3 Å². The van der Waals surface area contributed by atoms with Gasteiger partial charge in [-0.15, -0.1) is 11.3 Å². The predicted molar refractivity (Wildman–Crippen MR) is 111 cm³/mol. The van der Waals surface area contributed by atoms with Crippen LogP contribution in [0.3, 0.4) is 0 Å². The lowest BCUT2D eigenvalue weighted by atomic mass is 10.2. The molecule has 8 heteroatoms. The van der Waals surface area contributed by atoms with Crippen LogP contribution in [0.15, 0.2) is 82.3 Å². The maximum Gasteiger partial charge on any atom is 0.270 e. The summed E-state index contributed by atoms with van der Waals surface area (Å²) < 4.78 is 3.66. The number of imidazole rings is 1. The summed E-state index contributed by atoms with van der Waals surface area (Å²) in [6.07, 6.45) is 4.03. The van der Waals surface area contributed by atoms with Crippen molar-refractivity contribution in [2.24, 2.45) is 0 Å². The highest BCUT2D eigenvalue weighted by Gasteiger charge is 2.12. The number of nitro benzene ring substituents is 1. The molecule has 0 atom stereocenters. The van der Waals surface area contributed by atoms with Gasteiger partial charge in [0.05, 0.1) is 20.8 Å². The number of nitro groups is 1. The molecule has 0 unspecified atom stereocenters. The molecule has 0 spiro atoms. The smallest absolute Gasteiger partial charge is 0.270 e. The molecule has 28 heavy (non-hydrogen) atoms. The first-order chi connectivity index (χ1) is 13.7. The van der Waals surface area contributed by atoms with Crippen LogP contribution in [0.2, 0.25) is 0 Å². The Labute approximate surface area is 167 Å². The minimum atomic E-state index is -0.386. The Kier molecular flexibility index (Phi) is 4.07. The molecule has 0 amide bonds. The van der Waals surface area contributed by atoms with E-state index in [1.54, 1.807) is 12.1 Å².